The van der Waals surface area contributed by atoms with Crippen molar-refractivity contribution in [1.82, 2.24) is 25.3 Å². The maximum atomic E-state index is 15.9. The molecule has 0 saturated carbocycles. The van der Waals surface area contributed by atoms with Crippen LogP contribution < -0.4 is 10.6 Å². The number of hydrogen-bond donors (Lipinski definition) is 2. The molecule has 3 aliphatic heterocycles. The number of halogens is 1. The number of methoxy groups -OCH3 is 1. The number of benzene rings is 1. The fraction of sp³-hybridized carbons (Fsp3) is 0.565. The van der Waals surface area contributed by atoms with Crippen LogP contribution in [0.25, 0.3) is 5.57 Å². The monoisotopic (exact) mass is 757 g/mol. The number of rotatable bonds is 18. The van der Waals surface area contributed by atoms with Crippen molar-refractivity contribution < 1.29 is 13.9 Å². The van der Waals surface area contributed by atoms with Crippen LogP contribution >= 0.6 is 0 Å². The van der Waals surface area contributed by atoms with Gasteiger partial charge in [0.05, 0.1) is 6.10 Å². The van der Waals surface area contributed by atoms with E-state index < -0.39 is 0 Å². The third-order valence-corrected chi connectivity index (χ3v) is 11.9. The maximum Gasteiger partial charge on any atom is 0.253 e. The van der Waals surface area contributed by atoms with Gasteiger partial charge in [0.15, 0.2) is 0 Å². The molecular weight excluding hydrogens is 688 g/mol. The molecule has 4 rings (SSSR count). The van der Waals surface area contributed by atoms with Gasteiger partial charge in [-0.25, -0.2) is 4.39 Å². The summed E-state index contributed by atoms with van der Waals surface area (Å²) in [5, 5.41) is 6.86. The fourth-order valence-corrected chi connectivity index (χ4v) is 8.09. The second-order valence-electron chi connectivity index (χ2n) is 15.7. The number of carbonyl (C=O) groups is 1. The highest BCUT2D eigenvalue weighted by molar-refractivity contribution is 5.95. The van der Waals surface area contributed by atoms with Crippen molar-refractivity contribution in [3.63, 3.8) is 0 Å². The summed E-state index contributed by atoms with van der Waals surface area (Å²) in [5.41, 5.74) is 8.19. The number of ether oxygens (including phenoxy) is 1. The van der Waals surface area contributed by atoms with Gasteiger partial charge in [-0.05, 0) is 132 Å². The Morgan fingerprint density at radius 2 is 1.93 bits per heavy atom. The minimum absolute atomic E-state index is 0.0546. The van der Waals surface area contributed by atoms with Crippen LogP contribution in [0.4, 0.5) is 4.39 Å². The first kappa shape index (κ1) is 43.9. The highest BCUT2D eigenvalue weighted by Gasteiger charge is 2.28. The third-order valence-electron chi connectivity index (χ3n) is 11.9. The molecule has 0 aliphatic carbocycles. The summed E-state index contributed by atoms with van der Waals surface area (Å²) in [6.45, 7) is 25.7. The number of amides is 1. The fourth-order valence-electron chi connectivity index (χ4n) is 8.09. The van der Waals surface area contributed by atoms with Crippen molar-refractivity contribution in [3.05, 3.63) is 99.8 Å². The van der Waals surface area contributed by atoms with Crippen LogP contribution in [-0.2, 0) is 4.74 Å². The molecule has 3 atom stereocenters. The van der Waals surface area contributed by atoms with Gasteiger partial charge in [-0.15, -0.1) is 0 Å². The SMILES string of the molecule is C=C(/C=C(\C)C(C)N1CC=C(c2c(C)cc(C(=O)N3CCC(CN(CCC)C(C)CC)CC3)cc2F)CC1)/C(=C\C=NC)N/C=C\C1=C(C(C)OC)CCN1. The van der Waals surface area contributed by atoms with Crippen molar-refractivity contribution in [2.75, 3.05) is 60.0 Å². The molecule has 0 radical (unpaired) electrons. The molecule has 3 unspecified atom stereocenters. The zero-order valence-electron chi connectivity index (χ0n) is 35.3. The first-order chi connectivity index (χ1) is 26.4. The van der Waals surface area contributed by atoms with Crippen LogP contribution in [0.15, 0.2) is 82.3 Å². The van der Waals surface area contributed by atoms with Gasteiger partial charge in [-0.1, -0.05) is 38.2 Å². The molecule has 55 heavy (non-hydrogen) atoms. The van der Waals surface area contributed by atoms with E-state index in [0.29, 0.717) is 29.6 Å². The third kappa shape index (κ3) is 11.9. The summed E-state index contributed by atoms with van der Waals surface area (Å²) in [6, 6.07) is 4.11. The van der Waals surface area contributed by atoms with Crippen LogP contribution in [0.2, 0.25) is 0 Å². The Balaban J connectivity index is 1.36. The molecule has 0 bridgehead atoms. The number of hydrogen-bond acceptors (Lipinski definition) is 7. The zero-order valence-corrected chi connectivity index (χ0v) is 35.3. The second kappa shape index (κ2) is 21.5. The Morgan fingerprint density at radius 1 is 1.18 bits per heavy atom. The van der Waals surface area contributed by atoms with Crippen molar-refractivity contribution in [1.29, 1.82) is 0 Å². The van der Waals surface area contributed by atoms with Gasteiger partial charge in [0.1, 0.15) is 5.82 Å². The minimum Gasteiger partial charge on any atom is -0.385 e. The molecule has 2 N–H and O–H groups in total. The Morgan fingerprint density at radius 3 is 2.55 bits per heavy atom. The van der Waals surface area contributed by atoms with Gasteiger partial charge in [-0.3, -0.25) is 14.7 Å². The van der Waals surface area contributed by atoms with E-state index in [2.05, 4.69) is 91.8 Å². The topological polar surface area (TPSA) is 72.4 Å². The van der Waals surface area contributed by atoms with E-state index in [9.17, 15) is 4.79 Å². The minimum atomic E-state index is -0.303. The van der Waals surface area contributed by atoms with Gasteiger partial charge < -0.3 is 25.2 Å². The summed E-state index contributed by atoms with van der Waals surface area (Å²) in [5.74, 6) is 0.240. The molecule has 1 amide bonds. The summed E-state index contributed by atoms with van der Waals surface area (Å²) in [4.78, 5) is 24.7. The molecule has 8 nitrogen and oxygen atoms in total. The van der Waals surface area contributed by atoms with Crippen LogP contribution in [0.5, 0.6) is 0 Å². The zero-order chi connectivity index (χ0) is 40.1. The summed E-state index contributed by atoms with van der Waals surface area (Å²) >= 11 is 0. The average Bonchev–Trinajstić information content (AvgIpc) is 3.66. The number of nitrogens with one attached hydrogen (secondary N) is 2. The van der Waals surface area contributed by atoms with Crippen molar-refractivity contribution in [2.45, 2.75) is 105 Å². The molecule has 1 aromatic carbocycles. The van der Waals surface area contributed by atoms with Crippen molar-refractivity contribution >= 4 is 17.7 Å². The van der Waals surface area contributed by atoms with Crippen molar-refractivity contribution in [2.24, 2.45) is 10.9 Å². The Hall–Kier alpha value is -3.79. The molecule has 3 heterocycles. The van der Waals surface area contributed by atoms with E-state index in [0.717, 1.165) is 106 Å². The molecule has 1 saturated heterocycles. The smallest absolute Gasteiger partial charge is 0.253 e. The molecular formula is C46H69FN6O2. The number of aliphatic imine (C=N–C) groups is 1. The summed E-state index contributed by atoms with van der Waals surface area (Å²) in [6.07, 6.45) is 18.0. The average molecular weight is 757 g/mol. The van der Waals surface area contributed by atoms with E-state index >= 15 is 4.39 Å². The van der Waals surface area contributed by atoms with E-state index in [1.165, 1.54) is 17.2 Å². The lowest BCUT2D eigenvalue weighted by Crippen LogP contribution is -2.43. The predicted molar refractivity (Wildman–Crippen MR) is 229 cm³/mol. The number of aryl methyl sites for hydroxylation is 1. The normalized spacial score (nSPS) is 19.7. The van der Waals surface area contributed by atoms with Gasteiger partial charge >= 0.3 is 0 Å². The number of likely N-dealkylation sites (tertiary alicyclic amines) is 1. The van der Waals surface area contributed by atoms with E-state index in [1.54, 1.807) is 20.4 Å². The Labute approximate surface area is 332 Å². The summed E-state index contributed by atoms with van der Waals surface area (Å²) in [7, 11) is 3.49. The molecule has 302 valence electrons. The number of nitrogens with zero attached hydrogens (tertiary/aromatic N) is 4. The lowest BCUT2D eigenvalue weighted by molar-refractivity contribution is 0.0650. The van der Waals surface area contributed by atoms with Crippen molar-refractivity contribution in [3.8, 4) is 0 Å². The molecule has 1 fully saturated rings. The quantitative estimate of drug-likeness (QED) is 0.116. The predicted octanol–water partition coefficient (Wildman–Crippen LogP) is 8.45. The van der Waals surface area contributed by atoms with Gasteiger partial charge in [0.25, 0.3) is 5.91 Å². The van der Waals surface area contributed by atoms with Gasteiger partial charge in [0.2, 0.25) is 0 Å². The highest BCUT2D eigenvalue weighted by Crippen LogP contribution is 2.31. The van der Waals surface area contributed by atoms with Crippen LogP contribution in [-0.4, -0.2) is 105 Å². The summed E-state index contributed by atoms with van der Waals surface area (Å²) < 4.78 is 21.4. The van der Waals surface area contributed by atoms with Gasteiger partial charge in [-0.2, -0.15) is 0 Å². The van der Waals surface area contributed by atoms with E-state index in [-0.39, 0.29) is 23.9 Å². The highest BCUT2D eigenvalue weighted by atomic mass is 19.1. The number of allylic oxidation sites excluding steroid dienone is 3. The largest absolute Gasteiger partial charge is 0.385 e. The van der Waals surface area contributed by atoms with E-state index in [4.69, 9.17) is 4.74 Å². The molecule has 1 aromatic rings. The van der Waals surface area contributed by atoms with Crippen LogP contribution in [0.3, 0.4) is 0 Å². The first-order valence-electron chi connectivity index (χ1n) is 20.6. The lowest BCUT2D eigenvalue weighted by Gasteiger charge is -2.37. The van der Waals surface area contributed by atoms with Gasteiger partial charge in [0, 0.05) is 100 Å². The number of piperidine rings is 1. The molecule has 0 spiro atoms. The standard InChI is InChI=1S/C46H69FN6O2/c1-11-23-53(35(6)12-2)31-38-16-24-52(25-17-38)46(54)40-29-34(5)45(42(47)30-40)39-18-26-51(27-19-39)36(7)32(3)28-33(4)43(14-20-48-9)49-22-15-44-41(13-21-50-44)37(8)55-10/h14-15,18,20,22,28-30,35-38,49-50H,4,11-13,16-17,19,21,23-27,31H2,1-3,5-10H3/b22-15-,32-28+,43-14+,48-20?. The molecule has 3 aliphatic rings. The Kier molecular flexibility index (Phi) is 17.2. The van der Waals surface area contributed by atoms with Crippen LogP contribution in [0.1, 0.15) is 102 Å². The number of carbonyl (C=O) groups excluding carboxylic acids is 1. The first-order valence-corrected chi connectivity index (χ1v) is 20.6. The second-order valence-corrected chi connectivity index (χ2v) is 15.7. The lowest BCUT2D eigenvalue weighted by atomic mass is 9.91. The molecule has 0 aromatic heterocycles. The maximum absolute atomic E-state index is 15.9. The molecule has 9 heteroatoms. The Bertz CT molecular complexity index is 1640. The van der Waals surface area contributed by atoms with E-state index in [1.807, 2.05) is 30.2 Å². The van der Waals surface area contributed by atoms with Crippen LogP contribution in [0, 0.1) is 18.7 Å².